The molecule has 0 aliphatic carbocycles. The van der Waals surface area contributed by atoms with Crippen molar-refractivity contribution in [2.24, 2.45) is 0 Å². The summed E-state index contributed by atoms with van der Waals surface area (Å²) in [5.74, 6) is 2.14. The molecule has 108 valence electrons. The molecule has 0 aromatic heterocycles. The first-order valence-corrected chi connectivity index (χ1v) is 8.39. The second-order valence-corrected chi connectivity index (χ2v) is 5.59. The van der Waals surface area contributed by atoms with Crippen LogP contribution in [0.4, 0.5) is 0 Å². The number of esters is 1. The molecular formula is C14H29NO2S. The van der Waals surface area contributed by atoms with Crippen molar-refractivity contribution in [1.82, 2.24) is 5.32 Å². The maximum atomic E-state index is 11.7. The predicted molar refractivity (Wildman–Crippen MR) is 80.2 cm³/mol. The average molecular weight is 275 g/mol. The van der Waals surface area contributed by atoms with Crippen molar-refractivity contribution in [2.45, 2.75) is 58.9 Å². The minimum Gasteiger partial charge on any atom is -0.465 e. The van der Waals surface area contributed by atoms with E-state index in [0.717, 1.165) is 25.1 Å². The Hall–Kier alpha value is -0.220. The van der Waals surface area contributed by atoms with E-state index in [1.807, 2.05) is 18.7 Å². The van der Waals surface area contributed by atoms with Gasteiger partial charge in [0.2, 0.25) is 0 Å². The molecule has 0 aliphatic heterocycles. The zero-order valence-corrected chi connectivity index (χ0v) is 13.0. The zero-order valence-electron chi connectivity index (χ0n) is 12.2. The minimum absolute atomic E-state index is 0.0971. The number of thioether (sulfide) groups is 1. The molecular weight excluding hydrogens is 246 g/mol. The molecule has 0 rings (SSSR count). The average Bonchev–Trinajstić information content (AvgIpc) is 2.37. The Morgan fingerprint density at radius 2 is 1.94 bits per heavy atom. The topological polar surface area (TPSA) is 38.3 Å². The standard InChI is InChI=1S/C14H29NO2S/c1-4-7-8-11-18-12-9-13(15-10-5-2)14(16)17-6-3/h13,15H,4-12H2,1-3H3. The molecule has 0 aromatic carbocycles. The third-order valence-corrected chi connectivity index (χ3v) is 3.76. The van der Waals surface area contributed by atoms with Crippen LogP contribution in [0.2, 0.25) is 0 Å². The summed E-state index contributed by atoms with van der Waals surface area (Å²) in [7, 11) is 0. The molecule has 0 heterocycles. The predicted octanol–water partition coefficient (Wildman–Crippen LogP) is 3.23. The number of unbranched alkanes of at least 4 members (excludes halogenated alkanes) is 2. The fraction of sp³-hybridized carbons (Fsp3) is 0.929. The van der Waals surface area contributed by atoms with E-state index in [0.29, 0.717) is 6.61 Å². The van der Waals surface area contributed by atoms with Crippen molar-refractivity contribution in [3.05, 3.63) is 0 Å². The molecule has 1 N–H and O–H groups in total. The van der Waals surface area contributed by atoms with Crippen LogP contribution < -0.4 is 5.32 Å². The number of ether oxygens (including phenoxy) is 1. The van der Waals surface area contributed by atoms with Gasteiger partial charge in [0.1, 0.15) is 6.04 Å². The van der Waals surface area contributed by atoms with Gasteiger partial charge in [-0.25, -0.2) is 0 Å². The number of nitrogens with one attached hydrogen (secondary N) is 1. The number of hydrogen-bond acceptors (Lipinski definition) is 4. The molecule has 0 saturated carbocycles. The van der Waals surface area contributed by atoms with Gasteiger partial charge < -0.3 is 10.1 Å². The van der Waals surface area contributed by atoms with E-state index in [1.54, 1.807) is 0 Å². The Morgan fingerprint density at radius 1 is 1.17 bits per heavy atom. The van der Waals surface area contributed by atoms with Crippen molar-refractivity contribution in [3.8, 4) is 0 Å². The first-order valence-electron chi connectivity index (χ1n) is 7.23. The van der Waals surface area contributed by atoms with Crippen LogP contribution in [0.25, 0.3) is 0 Å². The van der Waals surface area contributed by atoms with Crippen molar-refractivity contribution in [1.29, 1.82) is 0 Å². The normalized spacial score (nSPS) is 12.4. The van der Waals surface area contributed by atoms with Crippen LogP contribution in [0.3, 0.4) is 0 Å². The maximum Gasteiger partial charge on any atom is 0.323 e. The third kappa shape index (κ3) is 9.77. The monoisotopic (exact) mass is 275 g/mol. The van der Waals surface area contributed by atoms with E-state index >= 15 is 0 Å². The fourth-order valence-electron chi connectivity index (χ4n) is 1.62. The molecule has 0 saturated heterocycles. The second-order valence-electron chi connectivity index (χ2n) is 4.37. The van der Waals surface area contributed by atoms with Crippen LogP contribution in [0.15, 0.2) is 0 Å². The van der Waals surface area contributed by atoms with Crippen LogP contribution >= 0.6 is 11.8 Å². The van der Waals surface area contributed by atoms with Crippen LogP contribution in [0, 0.1) is 0 Å². The van der Waals surface area contributed by atoms with E-state index in [2.05, 4.69) is 19.2 Å². The molecule has 0 fully saturated rings. The molecule has 0 amide bonds. The highest BCUT2D eigenvalue weighted by molar-refractivity contribution is 7.99. The minimum atomic E-state index is -0.122. The molecule has 3 nitrogen and oxygen atoms in total. The van der Waals surface area contributed by atoms with Gasteiger partial charge in [0.15, 0.2) is 0 Å². The first-order chi connectivity index (χ1) is 8.76. The summed E-state index contributed by atoms with van der Waals surface area (Å²) in [5, 5.41) is 3.27. The van der Waals surface area contributed by atoms with Gasteiger partial charge in [0, 0.05) is 0 Å². The highest BCUT2D eigenvalue weighted by Crippen LogP contribution is 2.10. The largest absolute Gasteiger partial charge is 0.465 e. The molecule has 0 spiro atoms. The van der Waals surface area contributed by atoms with Crippen LogP contribution in [-0.4, -0.2) is 36.7 Å². The van der Waals surface area contributed by atoms with Gasteiger partial charge in [-0.1, -0.05) is 26.7 Å². The molecule has 0 aromatic rings. The van der Waals surface area contributed by atoms with Gasteiger partial charge in [-0.2, -0.15) is 11.8 Å². The van der Waals surface area contributed by atoms with E-state index < -0.39 is 0 Å². The van der Waals surface area contributed by atoms with Gasteiger partial charge in [0.25, 0.3) is 0 Å². The Bertz CT molecular complexity index is 200. The molecule has 1 atom stereocenters. The summed E-state index contributed by atoms with van der Waals surface area (Å²) in [6.07, 6.45) is 5.77. The summed E-state index contributed by atoms with van der Waals surface area (Å²) in [6.45, 7) is 7.52. The Morgan fingerprint density at radius 3 is 2.56 bits per heavy atom. The lowest BCUT2D eigenvalue weighted by molar-refractivity contribution is -0.145. The van der Waals surface area contributed by atoms with Crippen molar-refractivity contribution in [2.75, 3.05) is 24.7 Å². The first kappa shape index (κ1) is 17.8. The molecule has 18 heavy (non-hydrogen) atoms. The summed E-state index contributed by atoms with van der Waals surface area (Å²) in [4.78, 5) is 11.7. The maximum absolute atomic E-state index is 11.7. The lowest BCUT2D eigenvalue weighted by atomic mass is 10.2. The number of rotatable bonds is 12. The Balaban J connectivity index is 3.75. The van der Waals surface area contributed by atoms with Crippen LogP contribution in [-0.2, 0) is 9.53 Å². The van der Waals surface area contributed by atoms with Crippen LogP contribution in [0.1, 0.15) is 52.9 Å². The highest BCUT2D eigenvalue weighted by Gasteiger charge is 2.17. The number of hydrogen-bond donors (Lipinski definition) is 1. The molecule has 0 radical (unpaired) electrons. The summed E-state index contributed by atoms with van der Waals surface area (Å²) >= 11 is 1.94. The number of carbonyl (C=O) groups excluding carboxylic acids is 1. The van der Waals surface area contributed by atoms with E-state index in [9.17, 15) is 4.79 Å². The van der Waals surface area contributed by atoms with Gasteiger partial charge >= 0.3 is 5.97 Å². The van der Waals surface area contributed by atoms with E-state index in [-0.39, 0.29) is 12.0 Å². The lowest BCUT2D eigenvalue weighted by Crippen LogP contribution is -2.39. The molecule has 1 unspecified atom stereocenters. The quantitative estimate of drug-likeness (QED) is 0.438. The lowest BCUT2D eigenvalue weighted by Gasteiger charge is -2.16. The summed E-state index contributed by atoms with van der Waals surface area (Å²) < 4.78 is 5.09. The van der Waals surface area contributed by atoms with Crippen molar-refractivity contribution >= 4 is 17.7 Å². The van der Waals surface area contributed by atoms with Gasteiger partial charge in [0.05, 0.1) is 6.61 Å². The van der Waals surface area contributed by atoms with Crippen molar-refractivity contribution < 1.29 is 9.53 Å². The van der Waals surface area contributed by atoms with E-state index in [4.69, 9.17) is 4.74 Å². The highest BCUT2D eigenvalue weighted by atomic mass is 32.2. The molecule has 4 heteroatoms. The summed E-state index contributed by atoms with van der Waals surface area (Å²) in [6, 6.07) is -0.122. The fourth-order valence-corrected chi connectivity index (χ4v) is 2.64. The molecule has 0 aliphatic rings. The van der Waals surface area contributed by atoms with Gasteiger partial charge in [-0.3, -0.25) is 4.79 Å². The summed E-state index contributed by atoms with van der Waals surface area (Å²) in [5.41, 5.74) is 0. The van der Waals surface area contributed by atoms with E-state index in [1.165, 1.54) is 25.0 Å². The van der Waals surface area contributed by atoms with Gasteiger partial charge in [-0.15, -0.1) is 0 Å². The zero-order chi connectivity index (χ0) is 13.6. The number of carbonyl (C=O) groups is 1. The second kappa shape index (κ2) is 13.2. The van der Waals surface area contributed by atoms with Crippen LogP contribution in [0.5, 0.6) is 0 Å². The van der Waals surface area contributed by atoms with Gasteiger partial charge in [-0.05, 0) is 44.2 Å². The Kier molecular flexibility index (Phi) is 13.1. The van der Waals surface area contributed by atoms with Crippen molar-refractivity contribution in [3.63, 3.8) is 0 Å². The third-order valence-electron chi connectivity index (χ3n) is 2.65. The molecule has 0 bridgehead atoms. The smallest absolute Gasteiger partial charge is 0.323 e. The Labute approximate surface area is 116 Å². The SMILES string of the molecule is CCCCCSCCC(NCCC)C(=O)OCC.